The van der Waals surface area contributed by atoms with Gasteiger partial charge in [0.15, 0.2) is 0 Å². The predicted molar refractivity (Wildman–Crippen MR) is 113 cm³/mol. The Labute approximate surface area is 172 Å². The molecule has 1 aliphatic heterocycles. The smallest absolute Gasteiger partial charge is 0.338 e. The number of ether oxygens (including phenoxy) is 2. The highest BCUT2D eigenvalue weighted by Gasteiger charge is 2.36. The van der Waals surface area contributed by atoms with E-state index >= 15 is 0 Å². The maximum absolute atomic E-state index is 13.0. The molecule has 1 aliphatic rings. The number of allylic oxidation sites excluding steroid dienone is 1. The van der Waals surface area contributed by atoms with Gasteiger partial charge in [0.2, 0.25) is 5.95 Å². The van der Waals surface area contributed by atoms with Crippen molar-refractivity contribution in [3.8, 4) is 5.75 Å². The van der Waals surface area contributed by atoms with Crippen molar-refractivity contribution in [2.24, 2.45) is 0 Å². The zero-order valence-corrected chi connectivity index (χ0v) is 17.9. The van der Waals surface area contributed by atoms with Crippen LogP contribution in [0.4, 0.5) is 5.95 Å². The van der Waals surface area contributed by atoms with Crippen LogP contribution in [0.5, 0.6) is 5.75 Å². The first-order valence-corrected chi connectivity index (χ1v) is 10.1. The molecule has 7 nitrogen and oxygen atoms in total. The third-order valence-corrected chi connectivity index (χ3v) is 5.32. The number of para-hydroxylation sites is 1. The van der Waals surface area contributed by atoms with Gasteiger partial charge in [-0.2, -0.15) is 0 Å². The Bertz CT molecular complexity index is 899. The highest BCUT2D eigenvalue weighted by Crippen LogP contribution is 2.41. The number of benzene rings is 1. The number of anilines is 1. The van der Waals surface area contributed by atoms with E-state index < -0.39 is 0 Å². The molecule has 0 aliphatic carbocycles. The van der Waals surface area contributed by atoms with Crippen LogP contribution in [-0.2, 0) is 16.1 Å². The van der Waals surface area contributed by atoms with Crippen molar-refractivity contribution in [3.05, 3.63) is 53.0 Å². The first kappa shape index (κ1) is 20.9. The Balaban J connectivity index is 2.19. The fourth-order valence-corrected chi connectivity index (χ4v) is 3.80. The van der Waals surface area contributed by atoms with Gasteiger partial charge in [-0.1, -0.05) is 32.0 Å². The van der Waals surface area contributed by atoms with E-state index in [0.717, 1.165) is 42.3 Å². The summed E-state index contributed by atoms with van der Waals surface area (Å²) in [4.78, 5) is 19.9. The Hall–Kier alpha value is -2.80. The Kier molecular flexibility index (Phi) is 6.59. The van der Waals surface area contributed by atoms with E-state index in [1.165, 1.54) is 0 Å². The highest BCUT2D eigenvalue weighted by molar-refractivity contribution is 5.92. The summed E-state index contributed by atoms with van der Waals surface area (Å²) in [6.45, 7) is 10.9. The fourth-order valence-electron chi connectivity index (χ4n) is 3.80. The molecule has 0 amide bonds. The number of nitrogens with one attached hydrogen (secondary N) is 1. The summed E-state index contributed by atoms with van der Waals surface area (Å²) in [7, 11) is 1.64. The minimum absolute atomic E-state index is 0.317. The first-order valence-electron chi connectivity index (χ1n) is 10.1. The number of imidazole rings is 1. The zero-order valence-electron chi connectivity index (χ0n) is 17.9. The first-order chi connectivity index (χ1) is 14.0. The molecule has 1 N–H and O–H groups in total. The molecule has 1 aromatic carbocycles. The van der Waals surface area contributed by atoms with Crippen molar-refractivity contribution in [1.29, 1.82) is 0 Å². The molecule has 0 saturated carbocycles. The molecular formula is C22H30N4O3. The van der Waals surface area contributed by atoms with E-state index in [2.05, 4.69) is 33.6 Å². The normalized spacial score (nSPS) is 15.9. The Morgan fingerprint density at radius 2 is 1.97 bits per heavy atom. The average Bonchev–Trinajstić information content (AvgIpc) is 3.13. The standard InChI is InChI=1S/C22H30N4O3/c1-6-25(7-2)14-16-13-23-22-24-15(4)19(21(27)29-8-3)20(26(16)22)17-11-9-10-12-18(17)28-5/h9-13,20H,6-8,14H2,1-5H3,(H,23,24). The highest BCUT2D eigenvalue weighted by atomic mass is 16.5. The second-order valence-corrected chi connectivity index (χ2v) is 6.93. The van der Waals surface area contributed by atoms with Crippen molar-refractivity contribution < 1.29 is 14.3 Å². The van der Waals surface area contributed by atoms with Gasteiger partial charge in [-0.15, -0.1) is 0 Å². The molecule has 0 spiro atoms. The molecule has 0 saturated heterocycles. The van der Waals surface area contributed by atoms with Gasteiger partial charge in [0.25, 0.3) is 0 Å². The van der Waals surface area contributed by atoms with E-state index in [9.17, 15) is 4.79 Å². The lowest BCUT2D eigenvalue weighted by Crippen LogP contribution is -2.32. The van der Waals surface area contributed by atoms with Crippen molar-refractivity contribution in [2.45, 2.75) is 40.3 Å². The molecule has 7 heteroatoms. The van der Waals surface area contributed by atoms with Gasteiger partial charge >= 0.3 is 5.97 Å². The maximum atomic E-state index is 13.0. The van der Waals surface area contributed by atoms with Gasteiger partial charge in [-0.25, -0.2) is 9.78 Å². The quantitative estimate of drug-likeness (QED) is 0.686. The lowest BCUT2D eigenvalue weighted by Gasteiger charge is -2.32. The van der Waals surface area contributed by atoms with E-state index in [1.807, 2.05) is 44.3 Å². The van der Waals surface area contributed by atoms with Crippen LogP contribution in [0.25, 0.3) is 0 Å². The molecule has 3 rings (SSSR count). The summed E-state index contributed by atoms with van der Waals surface area (Å²) in [5.41, 5.74) is 3.25. The van der Waals surface area contributed by atoms with Crippen LogP contribution in [0.15, 0.2) is 41.7 Å². The number of rotatable bonds is 8. The second kappa shape index (κ2) is 9.13. The van der Waals surface area contributed by atoms with Crippen LogP contribution in [0.3, 0.4) is 0 Å². The van der Waals surface area contributed by atoms with Crippen molar-refractivity contribution in [2.75, 3.05) is 32.1 Å². The van der Waals surface area contributed by atoms with E-state index in [0.29, 0.717) is 18.1 Å². The van der Waals surface area contributed by atoms with E-state index in [4.69, 9.17) is 9.47 Å². The topological polar surface area (TPSA) is 68.6 Å². The van der Waals surface area contributed by atoms with Crippen LogP contribution in [0, 0.1) is 0 Å². The molecule has 0 radical (unpaired) electrons. The van der Waals surface area contributed by atoms with E-state index in [1.54, 1.807) is 7.11 Å². The molecule has 0 fully saturated rings. The minimum Gasteiger partial charge on any atom is -0.496 e. The number of hydrogen-bond donors (Lipinski definition) is 1. The van der Waals surface area contributed by atoms with Crippen LogP contribution >= 0.6 is 0 Å². The summed E-state index contributed by atoms with van der Waals surface area (Å²) in [5, 5.41) is 3.29. The molecule has 156 valence electrons. The second-order valence-electron chi connectivity index (χ2n) is 6.93. The Morgan fingerprint density at radius 3 is 2.62 bits per heavy atom. The molecule has 0 bridgehead atoms. The number of nitrogens with zero attached hydrogens (tertiary/aromatic N) is 3. The van der Waals surface area contributed by atoms with Crippen molar-refractivity contribution >= 4 is 11.9 Å². The van der Waals surface area contributed by atoms with Crippen LogP contribution in [-0.4, -0.2) is 47.2 Å². The van der Waals surface area contributed by atoms with Gasteiger partial charge < -0.3 is 19.4 Å². The van der Waals surface area contributed by atoms with Crippen molar-refractivity contribution in [1.82, 2.24) is 14.5 Å². The molecular weight excluding hydrogens is 368 g/mol. The molecule has 1 aromatic heterocycles. The number of aromatic nitrogens is 2. The van der Waals surface area contributed by atoms with Crippen LogP contribution in [0.2, 0.25) is 0 Å². The minimum atomic E-state index is -0.380. The van der Waals surface area contributed by atoms with Crippen LogP contribution < -0.4 is 10.1 Å². The van der Waals surface area contributed by atoms with Gasteiger partial charge in [0.05, 0.1) is 37.2 Å². The van der Waals surface area contributed by atoms with Crippen molar-refractivity contribution in [3.63, 3.8) is 0 Å². The summed E-state index contributed by atoms with van der Waals surface area (Å²) < 4.78 is 13.1. The SMILES string of the molecule is CCOC(=O)C1=C(C)Nc2ncc(CN(CC)CC)n2C1c1ccccc1OC. The maximum Gasteiger partial charge on any atom is 0.338 e. The van der Waals surface area contributed by atoms with Gasteiger partial charge in [0.1, 0.15) is 5.75 Å². The lowest BCUT2D eigenvalue weighted by molar-refractivity contribution is -0.139. The fraction of sp³-hybridized carbons (Fsp3) is 0.455. The van der Waals surface area contributed by atoms with Gasteiger partial charge in [0, 0.05) is 17.8 Å². The van der Waals surface area contributed by atoms with Gasteiger partial charge in [-0.05, 0) is 33.0 Å². The number of carbonyl (C=O) groups excluding carboxylic acids is 1. The summed E-state index contributed by atoms with van der Waals surface area (Å²) in [6, 6.07) is 7.41. The third-order valence-electron chi connectivity index (χ3n) is 5.32. The number of esters is 1. The number of hydrogen-bond acceptors (Lipinski definition) is 6. The molecule has 2 heterocycles. The molecule has 1 atom stereocenters. The number of fused-ring (bicyclic) bond motifs is 1. The molecule has 2 aromatic rings. The average molecular weight is 399 g/mol. The largest absolute Gasteiger partial charge is 0.496 e. The lowest BCUT2D eigenvalue weighted by atomic mass is 9.94. The molecule has 29 heavy (non-hydrogen) atoms. The third kappa shape index (κ3) is 4.00. The molecule has 1 unspecified atom stereocenters. The predicted octanol–water partition coefficient (Wildman–Crippen LogP) is 3.59. The summed E-state index contributed by atoms with van der Waals surface area (Å²) in [6.07, 6.45) is 1.88. The number of carbonyl (C=O) groups is 1. The Morgan fingerprint density at radius 1 is 1.24 bits per heavy atom. The van der Waals surface area contributed by atoms with Crippen LogP contribution in [0.1, 0.15) is 45.0 Å². The van der Waals surface area contributed by atoms with Gasteiger partial charge in [-0.3, -0.25) is 4.90 Å². The van der Waals surface area contributed by atoms with E-state index in [-0.39, 0.29) is 12.0 Å². The zero-order chi connectivity index (χ0) is 21.0. The monoisotopic (exact) mass is 398 g/mol. The number of methoxy groups -OCH3 is 1. The summed E-state index contributed by atoms with van der Waals surface area (Å²) in [5.74, 6) is 1.11. The summed E-state index contributed by atoms with van der Waals surface area (Å²) >= 11 is 0.